The van der Waals surface area contributed by atoms with Crippen LogP contribution in [0.5, 0.6) is 0 Å². The standard InChI is InChI=1S/C14H13N9O2S/c1-8(10-3-23-14(20-10)26-7-18-23)19-12(24)9-2-16-11(21-13(9)25)4-22-6-15-5-17-22/h2-3,5-8H,4H2,1H3,(H,19,24)(H,16,21,25)/t8-/m1/s1. The molecule has 0 aliphatic heterocycles. The van der Waals surface area contributed by atoms with E-state index in [9.17, 15) is 9.59 Å². The highest BCUT2D eigenvalue weighted by Crippen LogP contribution is 2.15. The summed E-state index contributed by atoms with van der Waals surface area (Å²) in [6.45, 7) is 2.04. The molecule has 4 rings (SSSR count). The van der Waals surface area contributed by atoms with Crippen LogP contribution < -0.4 is 10.9 Å². The first-order chi connectivity index (χ1) is 12.6. The smallest absolute Gasteiger partial charge is 0.263 e. The molecule has 0 aliphatic rings. The zero-order valence-corrected chi connectivity index (χ0v) is 14.3. The molecule has 0 aliphatic carbocycles. The molecule has 0 saturated heterocycles. The van der Waals surface area contributed by atoms with Crippen molar-refractivity contribution in [3.63, 3.8) is 0 Å². The Morgan fingerprint density at radius 3 is 3.04 bits per heavy atom. The third kappa shape index (κ3) is 3.09. The topological polar surface area (TPSA) is 136 Å². The van der Waals surface area contributed by atoms with E-state index >= 15 is 0 Å². The number of aromatic nitrogens is 8. The summed E-state index contributed by atoms with van der Waals surface area (Å²) < 4.78 is 3.15. The maximum absolute atomic E-state index is 12.4. The van der Waals surface area contributed by atoms with Crippen LogP contribution in [0, 0.1) is 0 Å². The molecule has 4 aromatic heterocycles. The number of imidazole rings is 1. The summed E-state index contributed by atoms with van der Waals surface area (Å²) in [6.07, 6.45) is 5.88. The average molecular weight is 371 g/mol. The highest BCUT2D eigenvalue weighted by Gasteiger charge is 2.18. The Balaban J connectivity index is 1.48. The Bertz CT molecular complexity index is 1080. The first-order valence-electron chi connectivity index (χ1n) is 7.60. The molecule has 0 radical (unpaired) electrons. The summed E-state index contributed by atoms with van der Waals surface area (Å²) in [5.41, 5.74) is 1.75. The Labute approximate surface area is 149 Å². The van der Waals surface area contributed by atoms with Crippen LogP contribution in [0.25, 0.3) is 4.96 Å². The van der Waals surface area contributed by atoms with Crippen molar-refractivity contribution in [2.75, 3.05) is 0 Å². The third-order valence-corrected chi connectivity index (χ3v) is 4.36. The van der Waals surface area contributed by atoms with E-state index in [4.69, 9.17) is 0 Å². The highest BCUT2D eigenvalue weighted by atomic mass is 32.1. The number of H-pyrrole nitrogens is 1. The van der Waals surface area contributed by atoms with Gasteiger partial charge in [-0.3, -0.25) is 9.59 Å². The van der Waals surface area contributed by atoms with Gasteiger partial charge in [-0.1, -0.05) is 11.3 Å². The molecule has 132 valence electrons. The highest BCUT2D eigenvalue weighted by molar-refractivity contribution is 7.14. The fraction of sp³-hybridized carbons (Fsp3) is 0.214. The van der Waals surface area contributed by atoms with E-state index in [0.29, 0.717) is 11.5 Å². The van der Waals surface area contributed by atoms with Crippen molar-refractivity contribution >= 4 is 22.2 Å². The van der Waals surface area contributed by atoms with Crippen LogP contribution in [-0.4, -0.2) is 45.2 Å². The lowest BCUT2D eigenvalue weighted by Crippen LogP contribution is -2.32. The lowest BCUT2D eigenvalue weighted by atomic mass is 10.2. The Kier molecular flexibility index (Phi) is 4.01. The maximum Gasteiger partial charge on any atom is 0.263 e. The molecule has 4 aromatic rings. The van der Waals surface area contributed by atoms with E-state index in [0.717, 1.165) is 4.96 Å². The molecular weight excluding hydrogens is 358 g/mol. The number of nitrogens with zero attached hydrogens (tertiary/aromatic N) is 7. The van der Waals surface area contributed by atoms with Crippen molar-refractivity contribution in [2.45, 2.75) is 19.5 Å². The summed E-state index contributed by atoms with van der Waals surface area (Å²) in [4.78, 5) is 40.2. The van der Waals surface area contributed by atoms with Crippen molar-refractivity contribution in [1.82, 2.24) is 44.6 Å². The second-order valence-electron chi connectivity index (χ2n) is 5.49. The summed E-state index contributed by atoms with van der Waals surface area (Å²) in [5.74, 6) is -0.145. The molecule has 12 heteroatoms. The molecule has 1 atom stereocenters. The van der Waals surface area contributed by atoms with Gasteiger partial charge in [0.15, 0.2) is 0 Å². The lowest BCUT2D eigenvalue weighted by molar-refractivity contribution is 0.0937. The van der Waals surface area contributed by atoms with Gasteiger partial charge in [0.2, 0.25) is 4.96 Å². The molecule has 0 bridgehead atoms. The van der Waals surface area contributed by atoms with Crippen LogP contribution in [0.15, 0.2) is 35.4 Å². The predicted octanol–water partition coefficient (Wildman–Crippen LogP) is 0.00490. The second-order valence-corrected chi connectivity index (χ2v) is 6.30. The number of carbonyl (C=O) groups excluding carboxylic acids is 1. The number of carbonyl (C=O) groups is 1. The molecule has 2 N–H and O–H groups in total. The van der Waals surface area contributed by atoms with Crippen LogP contribution in [0.4, 0.5) is 0 Å². The molecule has 1 amide bonds. The van der Waals surface area contributed by atoms with Crippen LogP contribution >= 0.6 is 11.3 Å². The van der Waals surface area contributed by atoms with E-state index in [2.05, 4.69) is 35.5 Å². The van der Waals surface area contributed by atoms with Gasteiger partial charge in [0, 0.05) is 6.20 Å². The minimum atomic E-state index is -0.525. The lowest BCUT2D eigenvalue weighted by Gasteiger charge is -2.11. The number of nitrogens with one attached hydrogen (secondary N) is 2. The number of fused-ring (bicyclic) bond motifs is 1. The van der Waals surface area contributed by atoms with Crippen molar-refractivity contribution in [3.8, 4) is 0 Å². The van der Waals surface area contributed by atoms with Crippen LogP contribution in [-0.2, 0) is 6.54 Å². The Morgan fingerprint density at radius 1 is 1.42 bits per heavy atom. The monoisotopic (exact) mass is 371 g/mol. The largest absolute Gasteiger partial charge is 0.344 e. The minimum absolute atomic E-state index is 0.0710. The van der Waals surface area contributed by atoms with Gasteiger partial charge in [0.25, 0.3) is 11.5 Å². The second kappa shape index (κ2) is 6.48. The first kappa shape index (κ1) is 16.1. The molecule has 0 spiro atoms. The van der Waals surface area contributed by atoms with E-state index < -0.39 is 11.5 Å². The molecule has 26 heavy (non-hydrogen) atoms. The molecule has 0 unspecified atom stereocenters. The summed E-state index contributed by atoms with van der Waals surface area (Å²) in [6, 6.07) is -0.384. The fourth-order valence-corrected chi connectivity index (χ4v) is 2.96. The van der Waals surface area contributed by atoms with Crippen LogP contribution in [0.3, 0.4) is 0 Å². The first-order valence-corrected chi connectivity index (χ1v) is 8.48. The van der Waals surface area contributed by atoms with Crippen LogP contribution in [0.2, 0.25) is 0 Å². The zero-order valence-electron chi connectivity index (χ0n) is 13.5. The van der Waals surface area contributed by atoms with Gasteiger partial charge >= 0.3 is 0 Å². The normalized spacial score (nSPS) is 12.3. The van der Waals surface area contributed by atoms with Crippen molar-refractivity contribution in [2.24, 2.45) is 0 Å². The van der Waals surface area contributed by atoms with Crippen molar-refractivity contribution < 1.29 is 4.79 Å². The Hall–Kier alpha value is -3.41. The van der Waals surface area contributed by atoms with Gasteiger partial charge in [-0.05, 0) is 6.92 Å². The Morgan fingerprint density at radius 2 is 2.31 bits per heavy atom. The number of hydrogen-bond acceptors (Lipinski definition) is 8. The summed E-state index contributed by atoms with van der Waals surface area (Å²) >= 11 is 1.40. The van der Waals surface area contributed by atoms with E-state index in [-0.39, 0.29) is 18.2 Å². The molecule has 4 heterocycles. The number of amides is 1. The molecular formula is C14H13N9O2S. The molecule has 11 nitrogen and oxygen atoms in total. The average Bonchev–Trinajstić information content (AvgIpc) is 3.31. The molecule has 0 aromatic carbocycles. The van der Waals surface area contributed by atoms with Crippen LogP contribution in [0.1, 0.15) is 34.8 Å². The predicted molar refractivity (Wildman–Crippen MR) is 90.7 cm³/mol. The quantitative estimate of drug-likeness (QED) is 0.504. The third-order valence-electron chi connectivity index (χ3n) is 3.67. The van der Waals surface area contributed by atoms with Gasteiger partial charge in [0.1, 0.15) is 36.1 Å². The van der Waals surface area contributed by atoms with E-state index in [1.54, 1.807) is 23.1 Å². The van der Waals surface area contributed by atoms with Gasteiger partial charge in [0.05, 0.1) is 17.9 Å². The minimum Gasteiger partial charge on any atom is -0.344 e. The molecule has 0 saturated carbocycles. The van der Waals surface area contributed by atoms with Crippen molar-refractivity contribution in [3.05, 3.63) is 58.0 Å². The van der Waals surface area contributed by atoms with Gasteiger partial charge in [-0.25, -0.2) is 24.1 Å². The summed E-state index contributed by atoms with van der Waals surface area (Å²) in [5, 5.41) is 10.8. The maximum atomic E-state index is 12.4. The SMILES string of the molecule is C[C@@H](NC(=O)c1cnc(Cn2cncn2)[nH]c1=O)c1cn2ncsc2n1. The number of rotatable bonds is 5. The number of aromatic amines is 1. The molecule has 0 fully saturated rings. The van der Waals surface area contributed by atoms with Gasteiger partial charge < -0.3 is 10.3 Å². The van der Waals surface area contributed by atoms with Gasteiger partial charge in [-0.2, -0.15) is 10.2 Å². The van der Waals surface area contributed by atoms with E-state index in [1.165, 1.54) is 34.9 Å². The summed E-state index contributed by atoms with van der Waals surface area (Å²) in [7, 11) is 0. The fourth-order valence-electron chi connectivity index (χ4n) is 2.35. The zero-order chi connectivity index (χ0) is 18.1. The van der Waals surface area contributed by atoms with Gasteiger partial charge in [-0.15, -0.1) is 0 Å². The number of hydrogen-bond donors (Lipinski definition) is 2. The van der Waals surface area contributed by atoms with Crippen molar-refractivity contribution in [1.29, 1.82) is 0 Å². The van der Waals surface area contributed by atoms with E-state index in [1.807, 2.05) is 0 Å².